The Morgan fingerprint density at radius 2 is 2.17 bits per heavy atom. The van der Waals surface area contributed by atoms with Gasteiger partial charge in [0.05, 0.1) is 4.88 Å². The van der Waals surface area contributed by atoms with E-state index in [1.54, 1.807) is 12.1 Å². The summed E-state index contributed by atoms with van der Waals surface area (Å²) in [4.78, 5) is 3.66. The average molecular weight is 342 g/mol. The van der Waals surface area contributed by atoms with Gasteiger partial charge in [-0.1, -0.05) is 0 Å². The van der Waals surface area contributed by atoms with Gasteiger partial charge in [0.25, 0.3) is 0 Å². The summed E-state index contributed by atoms with van der Waals surface area (Å²) in [5.74, 6) is 5.74. The minimum absolute atomic E-state index is 0.326. The van der Waals surface area contributed by atoms with Crippen LogP contribution in [-0.4, -0.2) is 4.98 Å². The van der Waals surface area contributed by atoms with Crippen molar-refractivity contribution in [2.75, 3.05) is 0 Å². The van der Waals surface area contributed by atoms with Gasteiger partial charge < -0.3 is 4.42 Å². The number of nitrogens with zero attached hydrogens (tertiary/aromatic N) is 1. The molecule has 0 aliphatic carbocycles. The van der Waals surface area contributed by atoms with Crippen molar-refractivity contribution in [3.63, 3.8) is 0 Å². The second-order valence-electron chi connectivity index (χ2n) is 3.31. The lowest BCUT2D eigenvalue weighted by Crippen LogP contribution is -2.27. The fraction of sp³-hybridized carbons (Fsp3) is 0.222. The van der Waals surface area contributed by atoms with Gasteiger partial charge in [0.1, 0.15) is 11.8 Å². The van der Waals surface area contributed by atoms with Crippen LogP contribution in [0.15, 0.2) is 27.4 Å². The number of hydrazine groups is 1. The minimum Gasteiger partial charge on any atom is -0.452 e. The molecule has 0 aromatic carbocycles. The molecule has 0 saturated heterocycles. The molecule has 2 heterocycles. The van der Waals surface area contributed by atoms with Crippen LogP contribution < -0.4 is 11.3 Å². The number of aromatic nitrogens is 1. The smallest absolute Gasteiger partial charge is 0.443 e. The molecule has 0 aliphatic heterocycles. The van der Waals surface area contributed by atoms with Crippen LogP contribution >= 0.6 is 27.3 Å². The van der Waals surface area contributed by atoms with Crippen LogP contribution in [0.3, 0.4) is 0 Å². The molecule has 3 N–H and O–H groups in total. The number of alkyl halides is 3. The Morgan fingerprint density at radius 3 is 2.61 bits per heavy atom. The first-order valence-electron chi connectivity index (χ1n) is 4.66. The van der Waals surface area contributed by atoms with E-state index >= 15 is 0 Å². The van der Waals surface area contributed by atoms with Crippen LogP contribution in [0.25, 0.3) is 0 Å². The lowest BCUT2D eigenvalue weighted by molar-refractivity contribution is -0.137. The van der Waals surface area contributed by atoms with Crippen molar-refractivity contribution < 1.29 is 17.6 Å². The average Bonchev–Trinajstić information content (AvgIpc) is 2.88. The first-order chi connectivity index (χ1) is 8.41. The lowest BCUT2D eigenvalue weighted by Gasteiger charge is -2.10. The van der Waals surface area contributed by atoms with Crippen LogP contribution in [0.2, 0.25) is 0 Å². The largest absolute Gasteiger partial charge is 0.452 e. The number of furan rings is 1. The number of hydrogen-bond acceptors (Lipinski definition) is 5. The summed E-state index contributed by atoms with van der Waals surface area (Å²) in [5.41, 5.74) is 2.40. The highest BCUT2D eigenvalue weighted by Gasteiger charge is 2.35. The minimum atomic E-state index is -4.45. The first-order valence-corrected chi connectivity index (χ1v) is 6.27. The van der Waals surface area contributed by atoms with Gasteiger partial charge in [0, 0.05) is 6.20 Å². The zero-order chi connectivity index (χ0) is 13.3. The van der Waals surface area contributed by atoms with Gasteiger partial charge >= 0.3 is 6.18 Å². The third kappa shape index (κ3) is 2.74. The molecule has 18 heavy (non-hydrogen) atoms. The number of thiazole rings is 1. The SMILES string of the molecule is NNC(c1ccc(Br)o1)c1cnc(C(F)(F)F)s1. The van der Waals surface area contributed by atoms with Crippen LogP contribution in [-0.2, 0) is 6.18 Å². The second kappa shape index (κ2) is 5.00. The van der Waals surface area contributed by atoms with E-state index in [2.05, 4.69) is 26.3 Å². The van der Waals surface area contributed by atoms with Gasteiger partial charge in [-0.05, 0) is 28.1 Å². The normalized spacial score (nSPS) is 13.8. The second-order valence-corrected chi connectivity index (χ2v) is 5.15. The molecule has 1 unspecified atom stereocenters. The number of hydrogen-bond donors (Lipinski definition) is 2. The maximum Gasteiger partial charge on any atom is 0.443 e. The molecule has 0 bridgehead atoms. The molecule has 0 spiro atoms. The van der Waals surface area contributed by atoms with E-state index in [-0.39, 0.29) is 0 Å². The van der Waals surface area contributed by atoms with Gasteiger partial charge in [-0.3, -0.25) is 5.84 Å². The van der Waals surface area contributed by atoms with Gasteiger partial charge in [-0.25, -0.2) is 10.4 Å². The number of rotatable bonds is 3. The van der Waals surface area contributed by atoms with Gasteiger partial charge in [0.2, 0.25) is 0 Å². The zero-order valence-corrected chi connectivity index (χ0v) is 11.1. The van der Waals surface area contributed by atoms with Crippen molar-refractivity contribution in [1.82, 2.24) is 10.4 Å². The molecule has 0 amide bonds. The standard InChI is InChI=1S/C9H7BrF3N3OS/c10-6-2-1-4(17-6)7(16-14)5-3-15-8(18-5)9(11,12)13/h1-3,7,16H,14H2. The highest BCUT2D eigenvalue weighted by atomic mass is 79.9. The van der Waals surface area contributed by atoms with Crippen LogP contribution in [0.4, 0.5) is 13.2 Å². The van der Waals surface area contributed by atoms with Crippen molar-refractivity contribution in [3.05, 3.63) is 38.6 Å². The Balaban J connectivity index is 2.31. The maximum absolute atomic E-state index is 12.4. The summed E-state index contributed by atoms with van der Waals surface area (Å²) >= 11 is 3.63. The summed E-state index contributed by atoms with van der Waals surface area (Å²) in [6.07, 6.45) is -3.32. The van der Waals surface area contributed by atoms with Crippen molar-refractivity contribution in [2.24, 2.45) is 5.84 Å². The maximum atomic E-state index is 12.4. The monoisotopic (exact) mass is 341 g/mol. The Morgan fingerprint density at radius 1 is 1.44 bits per heavy atom. The molecule has 9 heteroatoms. The molecular formula is C9H7BrF3N3OS. The van der Waals surface area contributed by atoms with Crippen molar-refractivity contribution in [3.8, 4) is 0 Å². The van der Waals surface area contributed by atoms with Crippen LogP contribution in [0.1, 0.15) is 21.7 Å². The van der Waals surface area contributed by atoms with Crippen molar-refractivity contribution >= 4 is 27.3 Å². The van der Waals surface area contributed by atoms with E-state index in [4.69, 9.17) is 10.3 Å². The number of nitrogens with one attached hydrogen (secondary N) is 1. The molecular weight excluding hydrogens is 335 g/mol. The summed E-state index contributed by atoms with van der Waals surface area (Å²) in [6.45, 7) is 0. The Kier molecular flexibility index (Phi) is 3.76. The highest BCUT2D eigenvalue weighted by molar-refractivity contribution is 9.10. The quantitative estimate of drug-likeness (QED) is 0.665. The first kappa shape index (κ1) is 13.5. The van der Waals surface area contributed by atoms with E-state index in [0.717, 1.165) is 6.20 Å². The summed E-state index contributed by atoms with van der Waals surface area (Å²) in [7, 11) is 0. The predicted octanol–water partition coefficient (Wildman–Crippen LogP) is 3.07. The van der Waals surface area contributed by atoms with Crippen LogP contribution in [0.5, 0.6) is 0 Å². The molecule has 0 radical (unpaired) electrons. The van der Waals surface area contributed by atoms with Gasteiger partial charge in [-0.2, -0.15) is 13.2 Å². The molecule has 98 valence electrons. The molecule has 4 nitrogen and oxygen atoms in total. The Labute approximate surface area is 112 Å². The zero-order valence-electron chi connectivity index (χ0n) is 8.66. The molecule has 2 aromatic heterocycles. The van der Waals surface area contributed by atoms with Gasteiger partial charge in [0.15, 0.2) is 9.68 Å². The van der Waals surface area contributed by atoms with E-state index in [1.807, 2.05) is 0 Å². The predicted molar refractivity (Wildman–Crippen MR) is 62.7 cm³/mol. The van der Waals surface area contributed by atoms with Crippen molar-refractivity contribution in [2.45, 2.75) is 12.2 Å². The Bertz CT molecular complexity index is 539. The molecule has 2 aromatic rings. The number of nitrogens with two attached hydrogens (primary N) is 1. The fourth-order valence-electron chi connectivity index (χ4n) is 1.34. The van der Waals surface area contributed by atoms with Gasteiger partial charge in [-0.15, -0.1) is 11.3 Å². The fourth-order valence-corrected chi connectivity index (χ4v) is 2.51. The lowest BCUT2D eigenvalue weighted by atomic mass is 10.2. The molecule has 1 atom stereocenters. The highest BCUT2D eigenvalue weighted by Crippen LogP contribution is 2.36. The van der Waals surface area contributed by atoms with E-state index in [0.29, 0.717) is 26.6 Å². The topological polar surface area (TPSA) is 64.1 Å². The van der Waals surface area contributed by atoms with E-state index in [1.165, 1.54) is 0 Å². The van der Waals surface area contributed by atoms with Crippen molar-refractivity contribution in [1.29, 1.82) is 0 Å². The Hall–Kier alpha value is -0.900. The molecule has 0 saturated carbocycles. The molecule has 0 fully saturated rings. The number of halogens is 4. The molecule has 2 rings (SSSR count). The summed E-state index contributed by atoms with van der Waals surface area (Å²) < 4.78 is 43.0. The molecule has 0 aliphatic rings. The summed E-state index contributed by atoms with van der Waals surface area (Å²) in [6, 6.07) is 2.58. The third-order valence-corrected chi connectivity index (χ3v) is 3.63. The van der Waals surface area contributed by atoms with E-state index < -0.39 is 17.2 Å². The summed E-state index contributed by atoms with van der Waals surface area (Å²) in [5, 5.41) is -0.914. The third-order valence-electron chi connectivity index (χ3n) is 2.10. The van der Waals surface area contributed by atoms with Crippen LogP contribution in [0, 0.1) is 0 Å². The van der Waals surface area contributed by atoms with E-state index in [9.17, 15) is 13.2 Å².